The molecule has 1 rings (SSSR count). The lowest BCUT2D eigenvalue weighted by Crippen LogP contribution is -2.04. The highest BCUT2D eigenvalue weighted by atomic mass is 16.5. The predicted molar refractivity (Wildman–Crippen MR) is 50.7 cm³/mol. The number of ether oxygens (including phenoxy) is 1. The van der Waals surface area contributed by atoms with E-state index in [9.17, 15) is 0 Å². The van der Waals surface area contributed by atoms with E-state index >= 15 is 0 Å². The first kappa shape index (κ1) is 9.99. The molecule has 0 saturated heterocycles. The van der Waals surface area contributed by atoms with E-state index in [2.05, 4.69) is 4.98 Å². The zero-order valence-corrected chi connectivity index (χ0v) is 8.03. The Balaban J connectivity index is 2.66. The van der Waals surface area contributed by atoms with E-state index in [1.807, 2.05) is 13.0 Å². The first-order chi connectivity index (χ1) is 6.26. The molecule has 0 amide bonds. The number of aliphatic hydroxyl groups is 1. The smallest absolute Gasteiger partial charge is 0.137 e. The highest BCUT2D eigenvalue weighted by Crippen LogP contribution is 2.13. The Labute approximate surface area is 78.4 Å². The van der Waals surface area contributed by atoms with Crippen LogP contribution in [0.2, 0.25) is 0 Å². The standard InChI is InChI=1S/C10H15NO2/c1-8(7-12)3-9-4-10(13-2)6-11-5-9/h4-6,8,12H,3,7H2,1-2H3. The van der Waals surface area contributed by atoms with Crippen LogP contribution >= 0.6 is 0 Å². The van der Waals surface area contributed by atoms with Gasteiger partial charge in [0.05, 0.1) is 13.3 Å². The fraction of sp³-hybridized carbons (Fsp3) is 0.500. The Bertz CT molecular complexity index is 263. The van der Waals surface area contributed by atoms with Gasteiger partial charge in [0.25, 0.3) is 0 Å². The normalized spacial score (nSPS) is 12.5. The Hall–Kier alpha value is -1.09. The van der Waals surface area contributed by atoms with Gasteiger partial charge in [0.2, 0.25) is 0 Å². The molecule has 0 bridgehead atoms. The molecule has 1 aromatic rings. The first-order valence-electron chi connectivity index (χ1n) is 4.35. The third kappa shape index (κ3) is 3.03. The molecule has 1 aromatic heterocycles. The molecule has 0 fully saturated rings. The van der Waals surface area contributed by atoms with E-state index in [1.165, 1.54) is 0 Å². The van der Waals surface area contributed by atoms with E-state index in [1.54, 1.807) is 19.5 Å². The van der Waals surface area contributed by atoms with Crippen LogP contribution in [-0.4, -0.2) is 23.8 Å². The average molecular weight is 181 g/mol. The molecule has 13 heavy (non-hydrogen) atoms. The highest BCUT2D eigenvalue weighted by Gasteiger charge is 2.03. The van der Waals surface area contributed by atoms with Crippen molar-refractivity contribution >= 4 is 0 Å². The zero-order chi connectivity index (χ0) is 9.68. The van der Waals surface area contributed by atoms with Crippen molar-refractivity contribution in [3.05, 3.63) is 24.0 Å². The van der Waals surface area contributed by atoms with Crippen molar-refractivity contribution in [1.29, 1.82) is 0 Å². The van der Waals surface area contributed by atoms with Crippen molar-refractivity contribution in [3.63, 3.8) is 0 Å². The Morgan fingerprint density at radius 3 is 2.92 bits per heavy atom. The molecule has 0 aliphatic rings. The molecular formula is C10H15NO2. The van der Waals surface area contributed by atoms with Crippen LogP contribution in [0.25, 0.3) is 0 Å². The third-order valence-corrected chi connectivity index (χ3v) is 1.90. The highest BCUT2D eigenvalue weighted by molar-refractivity contribution is 5.23. The van der Waals surface area contributed by atoms with Gasteiger partial charge in [0.1, 0.15) is 5.75 Å². The summed E-state index contributed by atoms with van der Waals surface area (Å²) < 4.78 is 5.05. The van der Waals surface area contributed by atoms with E-state index < -0.39 is 0 Å². The molecule has 1 atom stereocenters. The van der Waals surface area contributed by atoms with Crippen molar-refractivity contribution in [2.45, 2.75) is 13.3 Å². The topological polar surface area (TPSA) is 42.4 Å². The van der Waals surface area contributed by atoms with Gasteiger partial charge < -0.3 is 9.84 Å². The maximum atomic E-state index is 8.87. The summed E-state index contributed by atoms with van der Waals surface area (Å²) >= 11 is 0. The maximum Gasteiger partial charge on any atom is 0.137 e. The Morgan fingerprint density at radius 2 is 2.31 bits per heavy atom. The summed E-state index contributed by atoms with van der Waals surface area (Å²) in [7, 11) is 1.62. The molecule has 1 unspecified atom stereocenters. The van der Waals surface area contributed by atoms with Gasteiger partial charge in [-0.15, -0.1) is 0 Å². The fourth-order valence-corrected chi connectivity index (χ4v) is 1.15. The maximum absolute atomic E-state index is 8.87. The lowest BCUT2D eigenvalue weighted by Gasteiger charge is -2.07. The van der Waals surface area contributed by atoms with Gasteiger partial charge in [-0.25, -0.2) is 0 Å². The summed E-state index contributed by atoms with van der Waals surface area (Å²) in [5.74, 6) is 1.04. The predicted octanol–water partition coefficient (Wildman–Crippen LogP) is 1.26. The largest absolute Gasteiger partial charge is 0.495 e. The van der Waals surface area contributed by atoms with Crippen LogP contribution in [0.3, 0.4) is 0 Å². The molecule has 0 spiro atoms. The first-order valence-corrected chi connectivity index (χ1v) is 4.35. The van der Waals surface area contributed by atoms with E-state index in [0.717, 1.165) is 17.7 Å². The second-order valence-electron chi connectivity index (χ2n) is 3.22. The van der Waals surface area contributed by atoms with Crippen LogP contribution in [0.1, 0.15) is 12.5 Å². The van der Waals surface area contributed by atoms with Crippen molar-refractivity contribution in [3.8, 4) is 5.75 Å². The Morgan fingerprint density at radius 1 is 1.54 bits per heavy atom. The van der Waals surface area contributed by atoms with Crippen LogP contribution in [0.5, 0.6) is 5.75 Å². The summed E-state index contributed by atoms with van der Waals surface area (Å²) in [6, 6.07) is 1.94. The molecule has 1 heterocycles. The molecule has 3 heteroatoms. The van der Waals surface area contributed by atoms with Crippen molar-refractivity contribution in [1.82, 2.24) is 4.98 Å². The van der Waals surface area contributed by atoms with Crippen molar-refractivity contribution in [2.75, 3.05) is 13.7 Å². The molecule has 0 radical (unpaired) electrons. The minimum atomic E-state index is 0.206. The van der Waals surface area contributed by atoms with E-state index in [-0.39, 0.29) is 12.5 Å². The van der Waals surface area contributed by atoms with Gasteiger partial charge in [0, 0.05) is 12.8 Å². The zero-order valence-electron chi connectivity index (χ0n) is 8.03. The fourth-order valence-electron chi connectivity index (χ4n) is 1.15. The number of methoxy groups -OCH3 is 1. The number of hydrogen-bond donors (Lipinski definition) is 1. The SMILES string of the molecule is COc1cncc(CC(C)CO)c1. The molecule has 0 saturated carbocycles. The minimum Gasteiger partial charge on any atom is -0.495 e. The summed E-state index contributed by atoms with van der Waals surface area (Å²) in [5.41, 5.74) is 1.10. The lowest BCUT2D eigenvalue weighted by atomic mass is 10.0. The Kier molecular flexibility index (Phi) is 3.71. The number of aromatic nitrogens is 1. The van der Waals surface area contributed by atoms with Crippen LogP contribution in [0.15, 0.2) is 18.5 Å². The molecule has 0 aliphatic carbocycles. The number of aliphatic hydroxyl groups excluding tert-OH is 1. The summed E-state index contributed by atoms with van der Waals surface area (Å²) in [6.07, 6.45) is 4.31. The van der Waals surface area contributed by atoms with Crippen molar-refractivity contribution in [2.24, 2.45) is 5.92 Å². The van der Waals surface area contributed by atoms with Gasteiger partial charge in [-0.05, 0) is 24.0 Å². The molecular weight excluding hydrogens is 166 g/mol. The molecule has 3 nitrogen and oxygen atoms in total. The summed E-state index contributed by atoms with van der Waals surface area (Å²) in [5, 5.41) is 8.87. The van der Waals surface area contributed by atoms with Crippen LogP contribution in [0, 0.1) is 5.92 Å². The van der Waals surface area contributed by atoms with Gasteiger partial charge in [-0.2, -0.15) is 0 Å². The van der Waals surface area contributed by atoms with Crippen LogP contribution in [0.4, 0.5) is 0 Å². The van der Waals surface area contributed by atoms with E-state index in [4.69, 9.17) is 9.84 Å². The van der Waals surface area contributed by atoms with Crippen LogP contribution in [-0.2, 0) is 6.42 Å². The van der Waals surface area contributed by atoms with Gasteiger partial charge in [-0.1, -0.05) is 6.92 Å². The van der Waals surface area contributed by atoms with Gasteiger partial charge in [-0.3, -0.25) is 4.98 Å². The second-order valence-corrected chi connectivity index (χ2v) is 3.22. The second kappa shape index (κ2) is 4.82. The average Bonchev–Trinajstić information content (AvgIpc) is 2.18. The summed E-state index contributed by atoms with van der Waals surface area (Å²) in [6.45, 7) is 2.21. The summed E-state index contributed by atoms with van der Waals surface area (Å²) in [4.78, 5) is 4.04. The quantitative estimate of drug-likeness (QED) is 0.760. The molecule has 72 valence electrons. The molecule has 0 aliphatic heterocycles. The van der Waals surface area contributed by atoms with E-state index in [0.29, 0.717) is 0 Å². The van der Waals surface area contributed by atoms with Gasteiger partial charge >= 0.3 is 0 Å². The molecule has 1 N–H and O–H groups in total. The third-order valence-electron chi connectivity index (χ3n) is 1.90. The number of hydrogen-bond acceptors (Lipinski definition) is 3. The molecule has 0 aromatic carbocycles. The number of pyridine rings is 1. The number of rotatable bonds is 4. The lowest BCUT2D eigenvalue weighted by molar-refractivity contribution is 0.237. The van der Waals surface area contributed by atoms with Crippen LogP contribution < -0.4 is 4.74 Å². The van der Waals surface area contributed by atoms with Crippen molar-refractivity contribution < 1.29 is 9.84 Å². The minimum absolute atomic E-state index is 0.206. The monoisotopic (exact) mass is 181 g/mol. The number of nitrogens with zero attached hydrogens (tertiary/aromatic N) is 1. The van der Waals surface area contributed by atoms with Gasteiger partial charge in [0.15, 0.2) is 0 Å².